The highest BCUT2D eigenvalue weighted by molar-refractivity contribution is 5.44. The molecule has 1 unspecified atom stereocenters. The van der Waals surface area contributed by atoms with Gasteiger partial charge >= 0.3 is 0 Å². The predicted octanol–water partition coefficient (Wildman–Crippen LogP) is 3.10. The Balaban J connectivity index is 2.39. The number of hydrogen-bond acceptors (Lipinski definition) is 3. The minimum atomic E-state index is -0.777. The summed E-state index contributed by atoms with van der Waals surface area (Å²) in [7, 11) is 3.25. The molecule has 0 saturated heterocycles. The Morgan fingerprint density at radius 2 is 1.83 bits per heavy atom. The van der Waals surface area contributed by atoms with E-state index in [1.54, 1.807) is 14.2 Å². The molecule has 0 amide bonds. The van der Waals surface area contributed by atoms with Crippen LogP contribution in [0.4, 0.5) is 0 Å². The Morgan fingerprint density at radius 1 is 1.11 bits per heavy atom. The molecule has 0 bridgehead atoms. The summed E-state index contributed by atoms with van der Waals surface area (Å²) < 4.78 is 10.6. The maximum atomic E-state index is 10.9. The van der Waals surface area contributed by atoms with E-state index < -0.39 is 5.60 Å². The number of aliphatic hydroxyl groups is 1. The van der Waals surface area contributed by atoms with Crippen LogP contribution in [0.2, 0.25) is 0 Å². The summed E-state index contributed by atoms with van der Waals surface area (Å²) in [4.78, 5) is 0. The van der Waals surface area contributed by atoms with Gasteiger partial charge in [-0.3, -0.25) is 0 Å². The van der Waals surface area contributed by atoms with Gasteiger partial charge < -0.3 is 14.6 Å². The molecule has 2 rings (SSSR count). The van der Waals surface area contributed by atoms with Crippen molar-refractivity contribution in [2.75, 3.05) is 14.2 Å². The number of benzene rings is 1. The van der Waals surface area contributed by atoms with Gasteiger partial charge in [0, 0.05) is 11.6 Å². The van der Waals surface area contributed by atoms with Crippen molar-refractivity contribution in [3.05, 3.63) is 23.8 Å². The number of methoxy groups -OCH3 is 2. The molecule has 1 aromatic rings. The van der Waals surface area contributed by atoms with Gasteiger partial charge in [0.2, 0.25) is 0 Å². The molecule has 3 heteroatoms. The Labute approximate surface area is 109 Å². The van der Waals surface area contributed by atoms with Crippen molar-refractivity contribution in [1.29, 1.82) is 0 Å². The van der Waals surface area contributed by atoms with E-state index in [9.17, 15) is 5.11 Å². The monoisotopic (exact) mass is 250 g/mol. The van der Waals surface area contributed by atoms with Crippen molar-refractivity contribution < 1.29 is 14.6 Å². The molecule has 1 N–H and O–H groups in total. The highest BCUT2D eigenvalue weighted by Gasteiger charge is 2.44. The van der Waals surface area contributed by atoms with E-state index in [4.69, 9.17) is 9.47 Å². The fourth-order valence-corrected chi connectivity index (χ4v) is 2.93. The molecule has 0 radical (unpaired) electrons. The van der Waals surface area contributed by atoms with Gasteiger partial charge in [-0.2, -0.15) is 0 Å². The normalized spacial score (nSPS) is 26.1. The van der Waals surface area contributed by atoms with Gasteiger partial charge in [-0.1, -0.05) is 13.8 Å². The van der Waals surface area contributed by atoms with E-state index in [1.807, 2.05) is 18.2 Å². The SMILES string of the molecule is COc1ccc(C2(O)CCC(C)(C)C2)c(OC)c1. The minimum absolute atomic E-state index is 0.180. The molecular formula is C15H22O3. The van der Waals surface area contributed by atoms with Gasteiger partial charge in [-0.25, -0.2) is 0 Å². The van der Waals surface area contributed by atoms with Crippen LogP contribution in [-0.4, -0.2) is 19.3 Å². The molecule has 3 nitrogen and oxygen atoms in total. The van der Waals surface area contributed by atoms with E-state index in [-0.39, 0.29) is 5.41 Å². The van der Waals surface area contributed by atoms with Crippen molar-refractivity contribution in [1.82, 2.24) is 0 Å². The lowest BCUT2D eigenvalue weighted by Gasteiger charge is -2.27. The van der Waals surface area contributed by atoms with Crippen LogP contribution in [0, 0.1) is 5.41 Å². The fourth-order valence-electron chi connectivity index (χ4n) is 2.93. The highest BCUT2D eigenvalue weighted by atomic mass is 16.5. The molecule has 0 aromatic heterocycles. The van der Waals surface area contributed by atoms with Crippen molar-refractivity contribution in [2.45, 2.75) is 38.7 Å². The Morgan fingerprint density at radius 3 is 2.33 bits per heavy atom. The first-order valence-electron chi connectivity index (χ1n) is 6.35. The summed E-state index contributed by atoms with van der Waals surface area (Å²) in [6, 6.07) is 5.62. The standard InChI is InChI=1S/C15H22O3/c1-14(2)7-8-15(16,10-14)12-6-5-11(17-3)9-13(12)18-4/h5-6,9,16H,7-8,10H2,1-4H3. The van der Waals surface area contributed by atoms with Crippen molar-refractivity contribution in [3.8, 4) is 11.5 Å². The molecule has 0 heterocycles. The molecule has 1 aromatic carbocycles. The fraction of sp³-hybridized carbons (Fsp3) is 0.600. The average Bonchev–Trinajstić information content (AvgIpc) is 2.63. The van der Waals surface area contributed by atoms with E-state index in [2.05, 4.69) is 13.8 Å². The first kappa shape index (κ1) is 13.2. The minimum Gasteiger partial charge on any atom is -0.497 e. The second kappa shape index (κ2) is 4.47. The lowest BCUT2D eigenvalue weighted by atomic mass is 9.85. The van der Waals surface area contributed by atoms with Gasteiger partial charge in [0.15, 0.2) is 0 Å². The Hall–Kier alpha value is -1.22. The molecule has 0 aliphatic heterocycles. The zero-order valence-electron chi connectivity index (χ0n) is 11.6. The zero-order valence-corrected chi connectivity index (χ0v) is 11.6. The van der Waals surface area contributed by atoms with Crippen LogP contribution in [0.25, 0.3) is 0 Å². The van der Waals surface area contributed by atoms with Crippen LogP contribution >= 0.6 is 0 Å². The van der Waals surface area contributed by atoms with E-state index in [0.29, 0.717) is 5.75 Å². The molecule has 1 atom stereocenters. The van der Waals surface area contributed by atoms with Gasteiger partial charge in [0.25, 0.3) is 0 Å². The first-order chi connectivity index (χ1) is 8.40. The van der Waals surface area contributed by atoms with Crippen LogP contribution in [0.3, 0.4) is 0 Å². The van der Waals surface area contributed by atoms with E-state index in [1.165, 1.54) is 0 Å². The van der Waals surface area contributed by atoms with Crippen molar-refractivity contribution >= 4 is 0 Å². The van der Waals surface area contributed by atoms with Crippen molar-refractivity contribution in [2.24, 2.45) is 5.41 Å². The van der Waals surface area contributed by atoms with Crippen LogP contribution in [-0.2, 0) is 5.60 Å². The summed E-state index contributed by atoms with van der Waals surface area (Å²) in [6.45, 7) is 4.39. The van der Waals surface area contributed by atoms with Crippen LogP contribution in [0.1, 0.15) is 38.7 Å². The molecule has 18 heavy (non-hydrogen) atoms. The maximum Gasteiger partial charge on any atom is 0.128 e. The zero-order chi connectivity index (χ0) is 13.4. The van der Waals surface area contributed by atoms with E-state index >= 15 is 0 Å². The lowest BCUT2D eigenvalue weighted by Crippen LogP contribution is -2.24. The Bertz CT molecular complexity index is 439. The molecule has 0 spiro atoms. The van der Waals surface area contributed by atoms with Gasteiger partial charge in [-0.05, 0) is 36.8 Å². The second-order valence-corrected chi connectivity index (χ2v) is 5.94. The van der Waals surface area contributed by atoms with E-state index in [0.717, 1.165) is 30.6 Å². The summed E-state index contributed by atoms with van der Waals surface area (Å²) in [5, 5.41) is 10.9. The highest BCUT2D eigenvalue weighted by Crippen LogP contribution is 2.51. The van der Waals surface area contributed by atoms with Crippen molar-refractivity contribution in [3.63, 3.8) is 0 Å². The smallest absolute Gasteiger partial charge is 0.128 e. The molecule has 1 aliphatic carbocycles. The molecule has 1 aliphatic rings. The third-order valence-electron chi connectivity index (χ3n) is 3.90. The quantitative estimate of drug-likeness (QED) is 0.896. The lowest BCUT2D eigenvalue weighted by molar-refractivity contribution is 0.0314. The summed E-state index contributed by atoms with van der Waals surface area (Å²) in [5.74, 6) is 1.45. The van der Waals surface area contributed by atoms with Crippen LogP contribution in [0.15, 0.2) is 18.2 Å². The summed E-state index contributed by atoms with van der Waals surface area (Å²) in [5.41, 5.74) is 0.275. The number of rotatable bonds is 3. The predicted molar refractivity (Wildman–Crippen MR) is 71.1 cm³/mol. The maximum absolute atomic E-state index is 10.9. The van der Waals surface area contributed by atoms with Gasteiger partial charge in [0.05, 0.1) is 19.8 Å². The third-order valence-corrected chi connectivity index (χ3v) is 3.90. The first-order valence-corrected chi connectivity index (χ1v) is 6.35. The third kappa shape index (κ3) is 2.32. The summed E-state index contributed by atoms with van der Waals surface area (Å²) >= 11 is 0. The topological polar surface area (TPSA) is 38.7 Å². The van der Waals surface area contributed by atoms with Gasteiger partial charge in [0.1, 0.15) is 11.5 Å². The van der Waals surface area contributed by atoms with Gasteiger partial charge in [-0.15, -0.1) is 0 Å². The molecule has 100 valence electrons. The molecule has 1 fully saturated rings. The Kier molecular flexibility index (Phi) is 3.28. The van der Waals surface area contributed by atoms with Crippen LogP contribution < -0.4 is 9.47 Å². The molecular weight excluding hydrogens is 228 g/mol. The molecule has 1 saturated carbocycles. The summed E-state index contributed by atoms with van der Waals surface area (Å²) in [6.07, 6.45) is 2.57. The van der Waals surface area contributed by atoms with Crippen LogP contribution in [0.5, 0.6) is 11.5 Å². The number of ether oxygens (including phenoxy) is 2. The largest absolute Gasteiger partial charge is 0.497 e. The number of hydrogen-bond donors (Lipinski definition) is 1. The second-order valence-electron chi connectivity index (χ2n) is 5.94. The average molecular weight is 250 g/mol.